The van der Waals surface area contributed by atoms with E-state index in [0.717, 1.165) is 48.2 Å². The molecule has 0 bridgehead atoms. The number of carbonyl (C=O) groups is 2. The summed E-state index contributed by atoms with van der Waals surface area (Å²) in [5.74, 6) is -0.848. The van der Waals surface area contributed by atoms with Crippen LogP contribution < -0.4 is 5.32 Å². The Balaban J connectivity index is 1.34. The number of nitrogens with zero attached hydrogens (tertiary/aromatic N) is 1. The van der Waals surface area contributed by atoms with Crippen LogP contribution in [0.3, 0.4) is 0 Å². The van der Waals surface area contributed by atoms with E-state index in [4.69, 9.17) is 14.6 Å². The van der Waals surface area contributed by atoms with E-state index in [1.165, 1.54) is 0 Å². The Labute approximate surface area is 229 Å². The highest BCUT2D eigenvalue weighted by Crippen LogP contribution is 2.38. The molecule has 4 N–H and O–H groups in total. The number of hydrogen-bond acceptors (Lipinski definition) is 7. The van der Waals surface area contributed by atoms with Crippen LogP contribution in [0.1, 0.15) is 79.6 Å². The fraction of sp³-hybridized carbons (Fsp3) is 0.533. The maximum atomic E-state index is 12.1. The van der Waals surface area contributed by atoms with Crippen molar-refractivity contribution in [2.45, 2.75) is 82.7 Å². The minimum Gasteiger partial charge on any atom is -0.481 e. The van der Waals surface area contributed by atoms with Gasteiger partial charge in [-0.25, -0.2) is 0 Å². The molecule has 1 amide bonds. The topological polar surface area (TPSA) is 129 Å². The molecule has 4 atom stereocenters. The van der Waals surface area contributed by atoms with Crippen LogP contribution >= 0.6 is 0 Å². The third kappa shape index (κ3) is 9.12. The minimum absolute atomic E-state index is 0.00293. The number of carboxylic acid groups (broad SMARTS) is 1. The normalized spacial score (nSPS) is 23.5. The van der Waals surface area contributed by atoms with Crippen LogP contribution in [0.25, 0.3) is 0 Å². The molecule has 2 fully saturated rings. The summed E-state index contributed by atoms with van der Waals surface area (Å²) in [5, 5.41) is 31.0. The van der Waals surface area contributed by atoms with Gasteiger partial charge >= 0.3 is 5.97 Å². The molecule has 2 aliphatic rings. The van der Waals surface area contributed by atoms with Gasteiger partial charge in [-0.3, -0.25) is 14.5 Å². The zero-order valence-corrected chi connectivity index (χ0v) is 22.3. The molecule has 0 radical (unpaired) electrons. The van der Waals surface area contributed by atoms with Gasteiger partial charge in [-0.05, 0) is 36.0 Å². The molecular formula is C30H40N2O7. The number of aliphatic carboxylic acids is 1. The van der Waals surface area contributed by atoms with E-state index in [-0.39, 0.29) is 37.2 Å². The molecule has 212 valence electrons. The molecule has 2 heterocycles. The van der Waals surface area contributed by atoms with Gasteiger partial charge in [-0.15, -0.1) is 0 Å². The quantitative estimate of drug-likeness (QED) is 0.285. The number of unbranched alkanes of at least 4 members (excludes halogenated alkanes) is 2. The lowest BCUT2D eigenvalue weighted by molar-refractivity contribution is -0.252. The van der Waals surface area contributed by atoms with Gasteiger partial charge in [0.2, 0.25) is 5.91 Å². The average Bonchev–Trinajstić information content (AvgIpc) is 3.35. The fourth-order valence-electron chi connectivity index (χ4n) is 5.12. The van der Waals surface area contributed by atoms with Crippen LogP contribution in [0.2, 0.25) is 0 Å². The number of carboxylic acids is 1. The molecule has 39 heavy (non-hydrogen) atoms. The molecule has 9 nitrogen and oxygen atoms in total. The molecule has 0 aliphatic carbocycles. The van der Waals surface area contributed by atoms with E-state index in [1.807, 2.05) is 48.5 Å². The Morgan fingerprint density at radius 3 is 2.28 bits per heavy atom. The maximum Gasteiger partial charge on any atom is 0.303 e. The monoisotopic (exact) mass is 540 g/mol. The first-order valence-corrected chi connectivity index (χ1v) is 13.9. The molecule has 2 aliphatic heterocycles. The van der Waals surface area contributed by atoms with Crippen molar-refractivity contribution < 1.29 is 34.4 Å². The highest BCUT2D eigenvalue weighted by Gasteiger charge is 2.34. The number of likely N-dealkylation sites (tertiary alicyclic amines) is 1. The van der Waals surface area contributed by atoms with Crippen LogP contribution in [0.4, 0.5) is 0 Å². The van der Waals surface area contributed by atoms with E-state index >= 15 is 0 Å². The van der Waals surface area contributed by atoms with Gasteiger partial charge in [0, 0.05) is 51.0 Å². The largest absolute Gasteiger partial charge is 0.481 e. The Hall–Kier alpha value is -2.82. The predicted molar refractivity (Wildman–Crippen MR) is 144 cm³/mol. The second-order valence-electron chi connectivity index (χ2n) is 10.5. The average molecular weight is 541 g/mol. The lowest BCUT2D eigenvalue weighted by Crippen LogP contribution is -2.38. The summed E-state index contributed by atoms with van der Waals surface area (Å²) in [6, 6.07) is 15.7. The van der Waals surface area contributed by atoms with Crippen LogP contribution in [0.15, 0.2) is 48.5 Å². The summed E-state index contributed by atoms with van der Waals surface area (Å²) in [5.41, 5.74) is 3.75. The van der Waals surface area contributed by atoms with Crippen molar-refractivity contribution in [1.82, 2.24) is 10.2 Å². The number of aliphatic hydroxyl groups excluding tert-OH is 2. The van der Waals surface area contributed by atoms with Crippen LogP contribution in [-0.4, -0.2) is 63.9 Å². The summed E-state index contributed by atoms with van der Waals surface area (Å²) in [7, 11) is 0. The number of aliphatic hydroxyl groups is 2. The zero-order chi connectivity index (χ0) is 27.6. The number of rotatable bonds is 13. The van der Waals surface area contributed by atoms with Gasteiger partial charge in [0.05, 0.1) is 24.9 Å². The van der Waals surface area contributed by atoms with Gasteiger partial charge in [-0.1, -0.05) is 55.0 Å². The van der Waals surface area contributed by atoms with Crippen molar-refractivity contribution in [2.75, 3.05) is 19.6 Å². The number of benzene rings is 2. The number of nitrogens with one attached hydrogen (secondary N) is 1. The van der Waals surface area contributed by atoms with Crippen molar-refractivity contribution in [3.05, 3.63) is 70.8 Å². The van der Waals surface area contributed by atoms with E-state index in [2.05, 4.69) is 10.2 Å². The van der Waals surface area contributed by atoms with Gasteiger partial charge in [0.1, 0.15) is 0 Å². The molecule has 0 spiro atoms. The van der Waals surface area contributed by atoms with Crippen molar-refractivity contribution in [3.63, 3.8) is 0 Å². The van der Waals surface area contributed by atoms with Crippen molar-refractivity contribution in [2.24, 2.45) is 0 Å². The predicted octanol–water partition coefficient (Wildman–Crippen LogP) is 3.44. The molecule has 4 rings (SSSR count). The van der Waals surface area contributed by atoms with Crippen molar-refractivity contribution in [3.8, 4) is 0 Å². The summed E-state index contributed by atoms with van der Waals surface area (Å²) < 4.78 is 12.8. The number of hydrogen-bond donors (Lipinski definition) is 4. The van der Waals surface area contributed by atoms with E-state index in [1.54, 1.807) is 0 Å². The first-order valence-electron chi connectivity index (χ1n) is 13.9. The van der Waals surface area contributed by atoms with E-state index in [0.29, 0.717) is 38.8 Å². The second kappa shape index (κ2) is 14.5. The number of carbonyl (C=O) groups excluding carboxylic acids is 1. The van der Waals surface area contributed by atoms with Gasteiger partial charge < -0.3 is 30.1 Å². The lowest BCUT2D eigenvalue weighted by atomic mass is 9.99. The smallest absolute Gasteiger partial charge is 0.303 e. The minimum atomic E-state index is -0.805. The van der Waals surface area contributed by atoms with E-state index < -0.39 is 12.3 Å². The number of β-amino-alcohol motifs (C(OH)–C–C–N with tert-alkyl or cyclic N) is 1. The first-order chi connectivity index (χ1) is 18.9. The Morgan fingerprint density at radius 2 is 1.62 bits per heavy atom. The molecule has 0 saturated carbocycles. The van der Waals surface area contributed by atoms with Crippen LogP contribution in [0, 0.1) is 0 Å². The fourth-order valence-corrected chi connectivity index (χ4v) is 5.12. The Kier molecular flexibility index (Phi) is 10.9. The standard InChI is InChI=1S/C30H40N2O7/c33-20-22-8-10-23(11-9-22)27-16-26(19-32-15-14-25(34)18-32)38-30(39-27)24-12-6-21(7-13-24)17-31-28(35)4-2-1-3-5-29(36)37/h6-13,25-27,30,33-34H,1-5,14-20H2,(H,31,35)(H,36,37)/t25-,26+,27-,30-/m0/s1. The molecule has 2 aromatic rings. The summed E-state index contributed by atoms with van der Waals surface area (Å²) >= 11 is 0. The molecule has 9 heteroatoms. The van der Waals surface area contributed by atoms with Crippen LogP contribution in [-0.2, 0) is 32.2 Å². The van der Waals surface area contributed by atoms with Gasteiger partial charge in [0.25, 0.3) is 0 Å². The first kappa shape index (κ1) is 29.2. The van der Waals surface area contributed by atoms with E-state index in [9.17, 15) is 19.8 Å². The molecule has 0 unspecified atom stereocenters. The summed E-state index contributed by atoms with van der Waals surface area (Å²) in [4.78, 5) is 24.9. The highest BCUT2D eigenvalue weighted by atomic mass is 16.7. The molecular weight excluding hydrogens is 500 g/mol. The van der Waals surface area contributed by atoms with Crippen molar-refractivity contribution in [1.29, 1.82) is 0 Å². The molecule has 0 aromatic heterocycles. The zero-order valence-electron chi connectivity index (χ0n) is 22.3. The lowest BCUT2D eigenvalue weighted by Gasteiger charge is -2.37. The van der Waals surface area contributed by atoms with Gasteiger partial charge in [0.15, 0.2) is 6.29 Å². The Bertz CT molecular complexity index is 1060. The Morgan fingerprint density at radius 1 is 0.923 bits per heavy atom. The summed E-state index contributed by atoms with van der Waals surface area (Å²) in [6.07, 6.45) is 2.93. The molecule has 2 saturated heterocycles. The molecule has 2 aromatic carbocycles. The third-order valence-corrected chi connectivity index (χ3v) is 7.36. The maximum absolute atomic E-state index is 12.1. The highest BCUT2D eigenvalue weighted by molar-refractivity contribution is 5.75. The van der Waals surface area contributed by atoms with Crippen molar-refractivity contribution >= 4 is 11.9 Å². The SMILES string of the molecule is O=C(O)CCCCCC(=O)NCc1ccc([C@H]2O[C@@H](CN3CC[C@H](O)C3)C[C@@H](c3ccc(CO)cc3)O2)cc1. The second-order valence-corrected chi connectivity index (χ2v) is 10.5. The number of amides is 1. The summed E-state index contributed by atoms with van der Waals surface area (Å²) in [6.45, 7) is 2.65. The van der Waals surface area contributed by atoms with Gasteiger partial charge in [-0.2, -0.15) is 0 Å². The van der Waals surface area contributed by atoms with Crippen LogP contribution in [0.5, 0.6) is 0 Å². The number of ether oxygens (including phenoxy) is 2. The third-order valence-electron chi connectivity index (χ3n) is 7.36.